The third-order valence-corrected chi connectivity index (χ3v) is 6.77. The van der Waals surface area contributed by atoms with Gasteiger partial charge in [0.15, 0.2) is 5.03 Å². The van der Waals surface area contributed by atoms with Gasteiger partial charge in [-0.05, 0) is 50.6 Å². The van der Waals surface area contributed by atoms with Gasteiger partial charge in [0.2, 0.25) is 5.91 Å². The SMILES string of the molecule is Cc1ccc(Cn2c(=O)c(SCC(=O)NCCN3CCCCC3)nc3ccccc32)cc1. The highest BCUT2D eigenvalue weighted by Gasteiger charge is 2.14. The van der Waals surface area contributed by atoms with Crippen molar-refractivity contribution in [1.82, 2.24) is 19.8 Å². The van der Waals surface area contributed by atoms with E-state index in [4.69, 9.17) is 0 Å². The third kappa shape index (κ3) is 5.78. The van der Waals surface area contributed by atoms with E-state index >= 15 is 0 Å². The largest absolute Gasteiger partial charge is 0.354 e. The van der Waals surface area contributed by atoms with Crippen LogP contribution in [0, 0.1) is 6.92 Å². The Balaban J connectivity index is 1.44. The molecule has 0 aliphatic carbocycles. The number of aromatic nitrogens is 2. The number of thioether (sulfide) groups is 1. The summed E-state index contributed by atoms with van der Waals surface area (Å²) < 4.78 is 1.75. The van der Waals surface area contributed by atoms with E-state index in [1.54, 1.807) is 4.57 Å². The van der Waals surface area contributed by atoms with E-state index in [0.29, 0.717) is 18.1 Å². The van der Waals surface area contributed by atoms with Gasteiger partial charge >= 0.3 is 0 Å². The average Bonchev–Trinajstić information content (AvgIpc) is 2.82. The first-order valence-electron chi connectivity index (χ1n) is 11.3. The topological polar surface area (TPSA) is 67.2 Å². The zero-order valence-electron chi connectivity index (χ0n) is 18.5. The summed E-state index contributed by atoms with van der Waals surface area (Å²) >= 11 is 1.21. The lowest BCUT2D eigenvalue weighted by Crippen LogP contribution is -2.38. The van der Waals surface area contributed by atoms with Crippen LogP contribution in [-0.2, 0) is 11.3 Å². The van der Waals surface area contributed by atoms with E-state index < -0.39 is 0 Å². The molecular formula is C25H30N4O2S. The first-order chi connectivity index (χ1) is 15.6. The van der Waals surface area contributed by atoms with Gasteiger partial charge in [-0.1, -0.05) is 60.1 Å². The summed E-state index contributed by atoms with van der Waals surface area (Å²) in [5, 5.41) is 3.34. The summed E-state index contributed by atoms with van der Waals surface area (Å²) in [4.78, 5) is 32.5. The van der Waals surface area contributed by atoms with Crippen molar-refractivity contribution in [2.24, 2.45) is 0 Å². The molecule has 0 bridgehead atoms. The summed E-state index contributed by atoms with van der Waals surface area (Å²) in [6, 6.07) is 15.8. The number of benzene rings is 2. The van der Waals surface area contributed by atoms with Crippen molar-refractivity contribution in [2.75, 3.05) is 31.9 Å². The number of hydrogen-bond donors (Lipinski definition) is 1. The van der Waals surface area contributed by atoms with Gasteiger partial charge in [-0.2, -0.15) is 0 Å². The lowest BCUT2D eigenvalue weighted by molar-refractivity contribution is -0.118. The predicted octanol–water partition coefficient (Wildman–Crippen LogP) is 3.45. The fourth-order valence-electron chi connectivity index (χ4n) is 4.02. The van der Waals surface area contributed by atoms with Crippen molar-refractivity contribution in [3.63, 3.8) is 0 Å². The summed E-state index contributed by atoms with van der Waals surface area (Å²) in [5.74, 6) is 0.122. The van der Waals surface area contributed by atoms with Gasteiger partial charge in [-0.15, -0.1) is 0 Å². The van der Waals surface area contributed by atoms with Crippen LogP contribution in [0.1, 0.15) is 30.4 Å². The lowest BCUT2D eigenvalue weighted by Gasteiger charge is -2.26. The second-order valence-electron chi connectivity index (χ2n) is 8.32. The molecule has 1 fully saturated rings. The molecule has 32 heavy (non-hydrogen) atoms. The van der Waals surface area contributed by atoms with Crippen molar-refractivity contribution in [2.45, 2.75) is 37.8 Å². The minimum Gasteiger partial charge on any atom is -0.354 e. The van der Waals surface area contributed by atoms with E-state index in [2.05, 4.69) is 15.2 Å². The monoisotopic (exact) mass is 450 g/mol. The first kappa shape index (κ1) is 22.6. The van der Waals surface area contributed by atoms with Gasteiger partial charge in [0.25, 0.3) is 5.56 Å². The maximum Gasteiger partial charge on any atom is 0.283 e. The molecule has 1 amide bonds. The normalized spacial score (nSPS) is 14.5. The number of aryl methyl sites for hydroxylation is 1. The molecule has 1 aliphatic rings. The molecule has 4 rings (SSSR count). The van der Waals surface area contributed by atoms with Crippen LogP contribution < -0.4 is 10.9 Å². The van der Waals surface area contributed by atoms with Crippen molar-refractivity contribution in [3.8, 4) is 0 Å². The van der Waals surface area contributed by atoms with Crippen molar-refractivity contribution in [3.05, 3.63) is 70.0 Å². The number of rotatable bonds is 8. The van der Waals surface area contributed by atoms with Crippen molar-refractivity contribution >= 4 is 28.7 Å². The maximum atomic E-state index is 13.2. The molecule has 3 aromatic rings. The van der Waals surface area contributed by atoms with Crippen molar-refractivity contribution < 1.29 is 4.79 Å². The molecule has 1 aliphatic heterocycles. The van der Waals surface area contributed by atoms with E-state index in [1.807, 2.05) is 55.5 Å². The van der Waals surface area contributed by atoms with Crippen LogP contribution in [-0.4, -0.2) is 52.3 Å². The van der Waals surface area contributed by atoms with Crippen LogP contribution in [0.4, 0.5) is 0 Å². The van der Waals surface area contributed by atoms with E-state index in [0.717, 1.165) is 36.2 Å². The predicted molar refractivity (Wildman–Crippen MR) is 130 cm³/mol. The zero-order chi connectivity index (χ0) is 22.3. The van der Waals surface area contributed by atoms with Crippen LogP contribution in [0.25, 0.3) is 11.0 Å². The molecule has 1 saturated heterocycles. The smallest absolute Gasteiger partial charge is 0.283 e. The number of para-hydroxylation sites is 2. The van der Waals surface area contributed by atoms with Gasteiger partial charge in [-0.3, -0.25) is 14.2 Å². The van der Waals surface area contributed by atoms with Gasteiger partial charge in [-0.25, -0.2) is 4.98 Å². The number of carbonyl (C=O) groups is 1. The Morgan fingerprint density at radius 3 is 2.59 bits per heavy atom. The van der Waals surface area contributed by atoms with E-state index in [1.165, 1.54) is 36.6 Å². The molecule has 6 nitrogen and oxygen atoms in total. The number of carbonyl (C=O) groups excluding carboxylic acids is 1. The Morgan fingerprint density at radius 2 is 1.81 bits per heavy atom. The van der Waals surface area contributed by atoms with Crippen LogP contribution in [0.15, 0.2) is 58.4 Å². The number of nitrogens with one attached hydrogen (secondary N) is 1. The molecule has 0 spiro atoms. The van der Waals surface area contributed by atoms with Gasteiger partial charge in [0, 0.05) is 13.1 Å². The molecule has 1 N–H and O–H groups in total. The lowest BCUT2D eigenvalue weighted by atomic mass is 10.1. The van der Waals surface area contributed by atoms with Gasteiger partial charge < -0.3 is 10.2 Å². The van der Waals surface area contributed by atoms with E-state index in [9.17, 15) is 9.59 Å². The molecule has 7 heteroatoms. The Labute approximate surface area is 193 Å². The maximum absolute atomic E-state index is 13.2. The molecule has 0 unspecified atom stereocenters. The molecule has 2 aromatic carbocycles. The summed E-state index contributed by atoms with van der Waals surface area (Å²) in [6.45, 7) is 6.27. The first-order valence-corrected chi connectivity index (χ1v) is 12.3. The summed E-state index contributed by atoms with van der Waals surface area (Å²) in [5.41, 5.74) is 3.64. The third-order valence-electron chi connectivity index (χ3n) is 5.82. The standard InChI is InChI=1S/C25H30N4O2S/c1-19-9-11-20(12-10-19)17-29-22-8-4-3-7-21(22)27-24(25(29)31)32-18-23(30)26-13-16-28-14-5-2-6-15-28/h3-4,7-12H,2,5-6,13-18H2,1H3,(H,26,30). The highest BCUT2D eigenvalue weighted by Crippen LogP contribution is 2.18. The molecule has 0 saturated carbocycles. The fourth-order valence-corrected chi connectivity index (χ4v) is 4.78. The quantitative estimate of drug-likeness (QED) is 0.533. The highest BCUT2D eigenvalue weighted by molar-refractivity contribution is 7.99. The number of likely N-dealkylation sites (tertiary alicyclic amines) is 1. The van der Waals surface area contributed by atoms with Crippen LogP contribution in [0.2, 0.25) is 0 Å². The van der Waals surface area contributed by atoms with Crippen LogP contribution >= 0.6 is 11.8 Å². The Kier molecular flexibility index (Phi) is 7.60. The van der Waals surface area contributed by atoms with Crippen LogP contribution in [0.3, 0.4) is 0 Å². The number of amides is 1. The Bertz CT molecular complexity index is 1120. The molecule has 0 radical (unpaired) electrons. The molecule has 2 heterocycles. The number of nitrogens with zero attached hydrogens (tertiary/aromatic N) is 3. The number of hydrogen-bond acceptors (Lipinski definition) is 5. The average molecular weight is 451 g/mol. The van der Waals surface area contributed by atoms with Gasteiger partial charge in [0.05, 0.1) is 23.3 Å². The van der Waals surface area contributed by atoms with E-state index in [-0.39, 0.29) is 17.2 Å². The zero-order valence-corrected chi connectivity index (χ0v) is 19.4. The van der Waals surface area contributed by atoms with Crippen LogP contribution in [0.5, 0.6) is 0 Å². The highest BCUT2D eigenvalue weighted by atomic mass is 32.2. The molecule has 1 aromatic heterocycles. The minimum atomic E-state index is -0.157. The Morgan fingerprint density at radius 1 is 1.06 bits per heavy atom. The van der Waals surface area contributed by atoms with Gasteiger partial charge in [0.1, 0.15) is 0 Å². The second kappa shape index (κ2) is 10.8. The number of piperidine rings is 1. The minimum absolute atomic E-state index is 0.0635. The summed E-state index contributed by atoms with van der Waals surface area (Å²) in [7, 11) is 0. The van der Waals surface area contributed by atoms with Crippen molar-refractivity contribution in [1.29, 1.82) is 0 Å². The molecule has 0 atom stereocenters. The molecular weight excluding hydrogens is 420 g/mol. The fraction of sp³-hybridized carbons (Fsp3) is 0.400. The summed E-state index contributed by atoms with van der Waals surface area (Å²) in [6.07, 6.45) is 3.79. The molecule has 168 valence electrons. The Hall–Kier alpha value is -2.64. The second-order valence-corrected chi connectivity index (χ2v) is 9.29. The number of fused-ring (bicyclic) bond motifs is 1.